The van der Waals surface area contributed by atoms with Crippen molar-refractivity contribution in [2.24, 2.45) is 11.3 Å². The quantitative estimate of drug-likeness (QED) is 0.566. The molecule has 1 heterocycles. The van der Waals surface area contributed by atoms with Crippen molar-refractivity contribution in [3.8, 4) is 0 Å². The zero-order chi connectivity index (χ0) is 8.32. The molecule has 11 heavy (non-hydrogen) atoms. The molecule has 0 unspecified atom stereocenters. The van der Waals surface area contributed by atoms with Crippen LogP contribution < -0.4 is 5.32 Å². The third kappa shape index (κ3) is 2.82. The fraction of sp³-hybridized carbons (Fsp3) is 1.00. The Morgan fingerprint density at radius 3 is 2.45 bits per heavy atom. The van der Waals surface area contributed by atoms with Crippen molar-refractivity contribution in [2.75, 3.05) is 13.1 Å². The second-order valence-electron chi connectivity index (χ2n) is 4.74. The van der Waals surface area contributed by atoms with Gasteiger partial charge in [0, 0.05) is 0 Å². The van der Waals surface area contributed by atoms with E-state index in [0.29, 0.717) is 5.41 Å². The standard InChI is InChI=1S/C10H21N/c1-10(2,3)9-5-4-7-11-8-6-9/h9,11H,4-8H2,1-3H3/t9-/m0/s1. The predicted octanol–water partition coefficient (Wildman–Crippen LogP) is 2.42. The minimum Gasteiger partial charge on any atom is -0.317 e. The van der Waals surface area contributed by atoms with Crippen molar-refractivity contribution in [1.29, 1.82) is 0 Å². The van der Waals surface area contributed by atoms with E-state index >= 15 is 0 Å². The third-order valence-corrected chi connectivity index (χ3v) is 2.80. The highest BCUT2D eigenvalue weighted by atomic mass is 14.9. The summed E-state index contributed by atoms with van der Waals surface area (Å²) in [7, 11) is 0. The van der Waals surface area contributed by atoms with E-state index in [1.165, 1.54) is 32.4 Å². The Morgan fingerprint density at radius 2 is 1.82 bits per heavy atom. The smallest absolute Gasteiger partial charge is 0.00461 e. The van der Waals surface area contributed by atoms with Gasteiger partial charge in [-0.15, -0.1) is 0 Å². The van der Waals surface area contributed by atoms with E-state index in [1.807, 2.05) is 0 Å². The van der Waals surface area contributed by atoms with Gasteiger partial charge in [-0.1, -0.05) is 20.8 Å². The minimum absolute atomic E-state index is 0.520. The highest BCUT2D eigenvalue weighted by molar-refractivity contribution is 4.77. The van der Waals surface area contributed by atoms with Crippen molar-refractivity contribution >= 4 is 0 Å². The van der Waals surface area contributed by atoms with Crippen LogP contribution >= 0.6 is 0 Å². The van der Waals surface area contributed by atoms with Crippen LogP contribution in [-0.4, -0.2) is 13.1 Å². The zero-order valence-corrected chi connectivity index (χ0v) is 8.11. The van der Waals surface area contributed by atoms with Gasteiger partial charge in [-0.2, -0.15) is 0 Å². The van der Waals surface area contributed by atoms with Crippen LogP contribution in [0, 0.1) is 11.3 Å². The van der Waals surface area contributed by atoms with Crippen LogP contribution in [0.4, 0.5) is 0 Å². The molecule has 0 bridgehead atoms. The number of hydrogen-bond acceptors (Lipinski definition) is 1. The topological polar surface area (TPSA) is 12.0 Å². The second kappa shape index (κ2) is 3.57. The van der Waals surface area contributed by atoms with Crippen molar-refractivity contribution in [3.05, 3.63) is 0 Å². The zero-order valence-electron chi connectivity index (χ0n) is 8.11. The van der Waals surface area contributed by atoms with E-state index in [0.717, 1.165) is 5.92 Å². The lowest BCUT2D eigenvalue weighted by Gasteiger charge is -2.29. The number of rotatable bonds is 0. The fourth-order valence-corrected chi connectivity index (χ4v) is 1.89. The summed E-state index contributed by atoms with van der Waals surface area (Å²) in [6.45, 7) is 9.55. The van der Waals surface area contributed by atoms with Gasteiger partial charge in [0.2, 0.25) is 0 Å². The van der Waals surface area contributed by atoms with Gasteiger partial charge in [-0.25, -0.2) is 0 Å². The van der Waals surface area contributed by atoms with Crippen molar-refractivity contribution in [3.63, 3.8) is 0 Å². The molecule has 0 aromatic heterocycles. The van der Waals surface area contributed by atoms with Gasteiger partial charge in [-0.3, -0.25) is 0 Å². The average molecular weight is 155 g/mol. The summed E-state index contributed by atoms with van der Waals surface area (Å²) in [5, 5.41) is 3.45. The first-order valence-corrected chi connectivity index (χ1v) is 4.81. The molecule has 0 aromatic rings. The lowest BCUT2D eigenvalue weighted by Crippen LogP contribution is -2.21. The summed E-state index contributed by atoms with van der Waals surface area (Å²) < 4.78 is 0. The van der Waals surface area contributed by atoms with Crippen LogP contribution in [0.1, 0.15) is 40.0 Å². The summed E-state index contributed by atoms with van der Waals surface area (Å²) in [5.74, 6) is 0.928. The predicted molar refractivity (Wildman–Crippen MR) is 49.7 cm³/mol. The normalized spacial score (nSPS) is 28.1. The molecule has 66 valence electrons. The maximum atomic E-state index is 3.45. The molecule has 1 atom stereocenters. The van der Waals surface area contributed by atoms with Gasteiger partial charge in [0.15, 0.2) is 0 Å². The average Bonchev–Trinajstić information content (AvgIpc) is 2.10. The molecule has 1 heteroatoms. The van der Waals surface area contributed by atoms with Crippen LogP contribution in [0.5, 0.6) is 0 Å². The van der Waals surface area contributed by atoms with Crippen LogP contribution in [0.2, 0.25) is 0 Å². The van der Waals surface area contributed by atoms with Gasteiger partial charge in [0.25, 0.3) is 0 Å². The summed E-state index contributed by atoms with van der Waals surface area (Å²) in [5.41, 5.74) is 0.520. The van der Waals surface area contributed by atoms with Crippen molar-refractivity contribution in [1.82, 2.24) is 5.32 Å². The summed E-state index contributed by atoms with van der Waals surface area (Å²) in [6.07, 6.45) is 4.14. The molecule has 0 aromatic carbocycles. The SMILES string of the molecule is CC(C)(C)[C@H]1CCCNCC1. The van der Waals surface area contributed by atoms with E-state index in [1.54, 1.807) is 0 Å². The van der Waals surface area contributed by atoms with Gasteiger partial charge in [0.1, 0.15) is 0 Å². The second-order valence-corrected chi connectivity index (χ2v) is 4.74. The van der Waals surface area contributed by atoms with Crippen LogP contribution in [0.3, 0.4) is 0 Å². The molecule has 1 nitrogen and oxygen atoms in total. The molecule has 1 N–H and O–H groups in total. The van der Waals surface area contributed by atoms with Gasteiger partial charge in [-0.05, 0) is 43.7 Å². The third-order valence-electron chi connectivity index (χ3n) is 2.80. The Kier molecular flexibility index (Phi) is 2.94. The van der Waals surface area contributed by atoms with Gasteiger partial charge < -0.3 is 5.32 Å². The molecule has 0 aliphatic carbocycles. The first kappa shape index (κ1) is 9.05. The van der Waals surface area contributed by atoms with Gasteiger partial charge in [0.05, 0.1) is 0 Å². The highest BCUT2D eigenvalue weighted by Gasteiger charge is 2.24. The first-order chi connectivity index (χ1) is 5.11. The van der Waals surface area contributed by atoms with E-state index in [4.69, 9.17) is 0 Å². The molecule has 1 aliphatic heterocycles. The van der Waals surface area contributed by atoms with Gasteiger partial charge >= 0.3 is 0 Å². The molecular weight excluding hydrogens is 134 g/mol. The number of hydrogen-bond donors (Lipinski definition) is 1. The van der Waals surface area contributed by atoms with Crippen molar-refractivity contribution in [2.45, 2.75) is 40.0 Å². The molecule has 1 rings (SSSR count). The maximum absolute atomic E-state index is 3.45. The molecule has 1 aliphatic rings. The Hall–Kier alpha value is -0.0400. The Bertz CT molecular complexity index is 105. The summed E-state index contributed by atoms with van der Waals surface area (Å²) in [6, 6.07) is 0. The van der Waals surface area contributed by atoms with E-state index in [2.05, 4.69) is 26.1 Å². The molecule has 1 saturated heterocycles. The molecule has 0 saturated carbocycles. The van der Waals surface area contributed by atoms with Crippen LogP contribution in [0.25, 0.3) is 0 Å². The molecular formula is C10H21N. The van der Waals surface area contributed by atoms with E-state index in [9.17, 15) is 0 Å². The monoisotopic (exact) mass is 155 g/mol. The van der Waals surface area contributed by atoms with E-state index in [-0.39, 0.29) is 0 Å². The maximum Gasteiger partial charge on any atom is -0.00461 e. The Balaban J connectivity index is 2.43. The number of nitrogens with one attached hydrogen (secondary N) is 1. The minimum atomic E-state index is 0.520. The summed E-state index contributed by atoms with van der Waals surface area (Å²) in [4.78, 5) is 0. The lowest BCUT2D eigenvalue weighted by molar-refractivity contribution is 0.219. The molecule has 0 spiro atoms. The fourth-order valence-electron chi connectivity index (χ4n) is 1.89. The highest BCUT2D eigenvalue weighted by Crippen LogP contribution is 2.32. The Labute approximate surface area is 70.6 Å². The molecule has 0 radical (unpaired) electrons. The Morgan fingerprint density at radius 1 is 1.09 bits per heavy atom. The van der Waals surface area contributed by atoms with E-state index < -0.39 is 0 Å². The lowest BCUT2D eigenvalue weighted by atomic mass is 9.77. The van der Waals surface area contributed by atoms with Crippen LogP contribution in [-0.2, 0) is 0 Å². The molecule has 1 fully saturated rings. The largest absolute Gasteiger partial charge is 0.317 e. The molecule has 0 amide bonds. The first-order valence-electron chi connectivity index (χ1n) is 4.81. The summed E-state index contributed by atoms with van der Waals surface area (Å²) >= 11 is 0. The van der Waals surface area contributed by atoms with Crippen LogP contribution in [0.15, 0.2) is 0 Å². The van der Waals surface area contributed by atoms with Crippen molar-refractivity contribution < 1.29 is 0 Å².